The number of benzene rings is 3. The molecule has 2 N–H and O–H groups in total. The molecule has 2 amide bonds. The minimum atomic E-state index is -0.352. The number of anilines is 2. The lowest BCUT2D eigenvalue weighted by atomic mass is 10.2. The summed E-state index contributed by atoms with van der Waals surface area (Å²) in [4.78, 5) is 25.6. The van der Waals surface area contributed by atoms with E-state index in [-0.39, 0.29) is 22.6 Å². The number of amides is 2. The maximum absolute atomic E-state index is 12.5. The molecule has 0 aromatic heterocycles. The van der Waals surface area contributed by atoms with Crippen LogP contribution in [0.1, 0.15) is 10.4 Å². The third-order valence-electron chi connectivity index (χ3n) is 4.07. The van der Waals surface area contributed by atoms with E-state index in [2.05, 4.69) is 10.6 Å². The number of carbonyl (C=O) groups is 2. The van der Waals surface area contributed by atoms with Gasteiger partial charge in [0.1, 0.15) is 5.75 Å². The van der Waals surface area contributed by atoms with Crippen molar-refractivity contribution in [1.29, 1.82) is 0 Å². The molecule has 9 heteroatoms. The summed E-state index contributed by atoms with van der Waals surface area (Å²) in [5, 5.41) is 6.80. The van der Waals surface area contributed by atoms with Gasteiger partial charge in [-0.05, 0) is 54.6 Å². The zero-order valence-electron chi connectivity index (χ0n) is 16.2. The number of methoxy groups -OCH3 is 1. The Morgan fingerprint density at radius 3 is 2.42 bits per heavy atom. The summed E-state index contributed by atoms with van der Waals surface area (Å²) in [7, 11) is 1.52. The number of ether oxygens (including phenoxy) is 1. The quantitative estimate of drug-likeness (QED) is 0.361. The third kappa shape index (κ3) is 6.55. The van der Waals surface area contributed by atoms with Crippen molar-refractivity contribution in [3.63, 3.8) is 0 Å². The molecule has 5 nitrogen and oxygen atoms in total. The first kappa shape index (κ1) is 23.3. The van der Waals surface area contributed by atoms with Crippen LogP contribution in [0.2, 0.25) is 15.1 Å². The maximum Gasteiger partial charge on any atom is 0.257 e. The molecule has 0 bridgehead atoms. The van der Waals surface area contributed by atoms with Crippen LogP contribution in [0.5, 0.6) is 5.75 Å². The Morgan fingerprint density at radius 1 is 0.935 bits per heavy atom. The van der Waals surface area contributed by atoms with Gasteiger partial charge in [0.25, 0.3) is 5.91 Å². The SMILES string of the molecule is COc1ccc(Cl)cc1NC(=O)CSc1cccc(NC(=O)c2ccc(Cl)cc2Cl)c1. The van der Waals surface area contributed by atoms with Crippen molar-refractivity contribution >= 4 is 69.8 Å². The summed E-state index contributed by atoms with van der Waals surface area (Å²) in [6, 6.07) is 16.8. The van der Waals surface area contributed by atoms with Crippen LogP contribution in [0.25, 0.3) is 0 Å². The molecule has 160 valence electrons. The zero-order valence-corrected chi connectivity index (χ0v) is 19.3. The van der Waals surface area contributed by atoms with Crippen LogP contribution in [0.3, 0.4) is 0 Å². The van der Waals surface area contributed by atoms with E-state index in [9.17, 15) is 9.59 Å². The molecule has 0 aliphatic carbocycles. The summed E-state index contributed by atoms with van der Waals surface area (Å²) in [5.41, 5.74) is 1.40. The van der Waals surface area contributed by atoms with Crippen molar-refractivity contribution in [2.24, 2.45) is 0 Å². The van der Waals surface area contributed by atoms with Crippen molar-refractivity contribution < 1.29 is 14.3 Å². The molecule has 0 fully saturated rings. The second kappa shape index (κ2) is 10.8. The highest BCUT2D eigenvalue weighted by molar-refractivity contribution is 8.00. The first-order chi connectivity index (χ1) is 14.9. The van der Waals surface area contributed by atoms with E-state index in [1.54, 1.807) is 48.5 Å². The number of halogens is 3. The van der Waals surface area contributed by atoms with Crippen LogP contribution < -0.4 is 15.4 Å². The van der Waals surface area contributed by atoms with Gasteiger partial charge in [-0.15, -0.1) is 11.8 Å². The van der Waals surface area contributed by atoms with Crippen LogP contribution in [0.4, 0.5) is 11.4 Å². The molecule has 0 unspecified atom stereocenters. The Morgan fingerprint density at radius 2 is 1.68 bits per heavy atom. The fraction of sp³-hybridized carbons (Fsp3) is 0.0909. The lowest BCUT2D eigenvalue weighted by Gasteiger charge is -2.11. The molecule has 0 saturated heterocycles. The van der Waals surface area contributed by atoms with E-state index in [1.165, 1.54) is 24.9 Å². The van der Waals surface area contributed by atoms with Crippen molar-refractivity contribution in [3.8, 4) is 5.75 Å². The Kier molecular flexibility index (Phi) is 8.09. The number of rotatable bonds is 7. The van der Waals surface area contributed by atoms with E-state index >= 15 is 0 Å². The van der Waals surface area contributed by atoms with E-state index in [0.29, 0.717) is 32.7 Å². The number of hydrogen-bond donors (Lipinski definition) is 2. The predicted molar refractivity (Wildman–Crippen MR) is 128 cm³/mol. The highest BCUT2D eigenvalue weighted by Gasteiger charge is 2.12. The van der Waals surface area contributed by atoms with Gasteiger partial charge in [0.05, 0.1) is 29.1 Å². The molecule has 0 spiro atoms. The van der Waals surface area contributed by atoms with Gasteiger partial charge in [0.2, 0.25) is 5.91 Å². The molecule has 0 atom stereocenters. The summed E-state index contributed by atoms with van der Waals surface area (Å²) >= 11 is 19.3. The fourth-order valence-corrected chi connectivity index (χ4v) is 4.07. The van der Waals surface area contributed by atoms with Crippen molar-refractivity contribution in [1.82, 2.24) is 0 Å². The van der Waals surface area contributed by atoms with Crippen LogP contribution in [0.15, 0.2) is 65.6 Å². The van der Waals surface area contributed by atoms with Gasteiger partial charge in [-0.2, -0.15) is 0 Å². The molecule has 0 radical (unpaired) electrons. The lowest BCUT2D eigenvalue weighted by molar-refractivity contribution is -0.113. The third-order valence-corrected chi connectivity index (χ3v) is 5.85. The van der Waals surface area contributed by atoms with Crippen LogP contribution in [-0.2, 0) is 4.79 Å². The first-order valence-corrected chi connectivity index (χ1v) is 11.1. The van der Waals surface area contributed by atoms with Gasteiger partial charge >= 0.3 is 0 Å². The largest absolute Gasteiger partial charge is 0.495 e. The molecule has 3 aromatic rings. The Hall–Kier alpha value is -2.38. The van der Waals surface area contributed by atoms with Gasteiger partial charge in [0.15, 0.2) is 0 Å². The minimum absolute atomic E-state index is 0.163. The first-order valence-electron chi connectivity index (χ1n) is 8.98. The number of nitrogens with one attached hydrogen (secondary N) is 2. The Bertz CT molecular complexity index is 1120. The molecular formula is C22H17Cl3N2O3S. The Labute approximate surface area is 199 Å². The van der Waals surface area contributed by atoms with Gasteiger partial charge in [-0.25, -0.2) is 0 Å². The van der Waals surface area contributed by atoms with E-state index in [1.807, 2.05) is 6.07 Å². The molecule has 0 aliphatic heterocycles. The predicted octanol–water partition coefficient (Wildman–Crippen LogP) is 6.64. The maximum atomic E-state index is 12.5. The van der Waals surface area contributed by atoms with Gasteiger partial charge in [-0.1, -0.05) is 40.9 Å². The topological polar surface area (TPSA) is 67.4 Å². The van der Waals surface area contributed by atoms with Gasteiger partial charge in [0, 0.05) is 20.6 Å². The number of carbonyl (C=O) groups excluding carboxylic acids is 2. The highest BCUT2D eigenvalue weighted by atomic mass is 35.5. The minimum Gasteiger partial charge on any atom is -0.495 e. The molecular weight excluding hydrogens is 479 g/mol. The normalized spacial score (nSPS) is 10.5. The van der Waals surface area contributed by atoms with E-state index in [4.69, 9.17) is 39.5 Å². The summed E-state index contributed by atoms with van der Waals surface area (Å²) in [6.07, 6.45) is 0. The molecule has 31 heavy (non-hydrogen) atoms. The number of hydrogen-bond acceptors (Lipinski definition) is 4. The lowest BCUT2D eigenvalue weighted by Crippen LogP contribution is -2.15. The standard InChI is InChI=1S/C22H17Cl3N2O3S/c1-30-20-8-6-14(24)10-19(20)27-21(28)12-31-16-4-2-3-15(11-16)26-22(29)17-7-5-13(23)9-18(17)25/h2-11H,12H2,1H3,(H,26,29)(H,27,28). The molecule has 3 rings (SSSR count). The molecule has 0 saturated carbocycles. The van der Waals surface area contributed by atoms with Crippen LogP contribution in [0, 0.1) is 0 Å². The highest BCUT2D eigenvalue weighted by Crippen LogP contribution is 2.29. The van der Waals surface area contributed by atoms with Crippen LogP contribution in [-0.4, -0.2) is 24.7 Å². The van der Waals surface area contributed by atoms with E-state index < -0.39 is 0 Å². The number of thioether (sulfide) groups is 1. The average Bonchev–Trinajstić information content (AvgIpc) is 2.72. The average molecular weight is 496 g/mol. The second-order valence-corrected chi connectivity index (χ2v) is 8.62. The van der Waals surface area contributed by atoms with Gasteiger partial charge < -0.3 is 15.4 Å². The van der Waals surface area contributed by atoms with Gasteiger partial charge in [-0.3, -0.25) is 9.59 Å². The summed E-state index contributed by atoms with van der Waals surface area (Å²) in [5.74, 6) is 0.117. The molecule has 0 aliphatic rings. The van der Waals surface area contributed by atoms with Crippen molar-refractivity contribution in [2.45, 2.75) is 4.90 Å². The Balaban J connectivity index is 1.61. The van der Waals surface area contributed by atoms with E-state index in [0.717, 1.165) is 4.90 Å². The summed E-state index contributed by atoms with van der Waals surface area (Å²) in [6.45, 7) is 0. The summed E-state index contributed by atoms with van der Waals surface area (Å²) < 4.78 is 5.23. The van der Waals surface area contributed by atoms with Crippen molar-refractivity contribution in [2.75, 3.05) is 23.5 Å². The van der Waals surface area contributed by atoms with Crippen molar-refractivity contribution in [3.05, 3.63) is 81.3 Å². The monoisotopic (exact) mass is 494 g/mol. The van der Waals surface area contributed by atoms with Crippen LogP contribution >= 0.6 is 46.6 Å². The zero-order chi connectivity index (χ0) is 22.4. The fourth-order valence-electron chi connectivity index (χ4n) is 2.65. The second-order valence-electron chi connectivity index (χ2n) is 6.29. The molecule has 0 heterocycles. The molecule has 3 aromatic carbocycles. The smallest absolute Gasteiger partial charge is 0.257 e.